The number of amides is 1. The Bertz CT molecular complexity index is 639. The minimum Gasteiger partial charge on any atom is -0.367 e. The van der Waals surface area contributed by atoms with Gasteiger partial charge < -0.3 is 4.74 Å². The van der Waals surface area contributed by atoms with Gasteiger partial charge in [-0.15, -0.1) is 0 Å². The molecule has 0 aliphatic carbocycles. The van der Waals surface area contributed by atoms with Gasteiger partial charge >= 0.3 is 0 Å². The van der Waals surface area contributed by atoms with Crippen LogP contribution in [-0.2, 0) is 16.0 Å². The summed E-state index contributed by atoms with van der Waals surface area (Å²) in [6.07, 6.45) is 1.91. The molecule has 0 bridgehead atoms. The highest BCUT2D eigenvalue weighted by molar-refractivity contribution is 5.86. The van der Waals surface area contributed by atoms with Crippen molar-refractivity contribution in [2.24, 2.45) is 5.10 Å². The highest BCUT2D eigenvalue weighted by atomic mass is 16.5. The van der Waals surface area contributed by atoms with Crippen LogP contribution in [0.4, 0.5) is 0 Å². The van der Waals surface area contributed by atoms with Gasteiger partial charge in [0.05, 0.1) is 6.21 Å². The molecule has 4 heteroatoms. The molecule has 0 fully saturated rings. The number of nitrogens with one attached hydrogen (secondary N) is 1. The minimum atomic E-state index is -0.667. The van der Waals surface area contributed by atoms with E-state index in [2.05, 4.69) is 17.5 Å². The van der Waals surface area contributed by atoms with Crippen molar-refractivity contribution >= 4 is 12.1 Å². The lowest BCUT2D eigenvalue weighted by Gasteiger charge is -2.13. The Morgan fingerprint density at radius 2 is 1.86 bits per heavy atom. The van der Waals surface area contributed by atoms with E-state index in [0.29, 0.717) is 0 Å². The molecule has 0 aliphatic heterocycles. The maximum absolute atomic E-state index is 12.2. The molecule has 1 atom stereocenters. The van der Waals surface area contributed by atoms with Gasteiger partial charge in [-0.25, -0.2) is 5.43 Å². The average molecular weight is 296 g/mol. The molecule has 2 aromatic carbocycles. The fraction of sp³-hybridized carbons (Fsp3) is 0.222. The standard InChI is InChI=1S/C18H20N2O2/c1-3-14-9-7-8-12-16(14)13-19-20-18(21)17(22-2)15-10-5-4-6-11-15/h4-13,17H,3H2,1-2H3,(H,20,21)/b19-13+. The van der Waals surface area contributed by atoms with Crippen molar-refractivity contribution in [3.8, 4) is 0 Å². The molecule has 1 amide bonds. The Labute approximate surface area is 130 Å². The number of hydrogen-bond donors (Lipinski definition) is 1. The lowest BCUT2D eigenvalue weighted by atomic mass is 10.1. The zero-order valence-corrected chi connectivity index (χ0v) is 12.8. The Balaban J connectivity index is 2.04. The summed E-state index contributed by atoms with van der Waals surface area (Å²) in [5.74, 6) is -0.293. The molecule has 0 heterocycles. The maximum atomic E-state index is 12.2. The second-order valence-electron chi connectivity index (χ2n) is 4.81. The normalized spacial score (nSPS) is 12.3. The van der Waals surface area contributed by atoms with Gasteiger partial charge in [-0.2, -0.15) is 5.10 Å². The first-order valence-electron chi connectivity index (χ1n) is 7.24. The number of hydrogen-bond acceptors (Lipinski definition) is 3. The monoisotopic (exact) mass is 296 g/mol. The molecule has 1 unspecified atom stereocenters. The van der Waals surface area contributed by atoms with Crippen molar-refractivity contribution in [2.45, 2.75) is 19.4 Å². The number of methoxy groups -OCH3 is 1. The largest absolute Gasteiger partial charge is 0.367 e. The Morgan fingerprint density at radius 3 is 2.55 bits per heavy atom. The average Bonchev–Trinajstić information content (AvgIpc) is 2.57. The van der Waals surface area contributed by atoms with E-state index in [1.54, 1.807) is 6.21 Å². The fourth-order valence-corrected chi connectivity index (χ4v) is 2.23. The van der Waals surface area contributed by atoms with Gasteiger partial charge in [-0.3, -0.25) is 4.79 Å². The van der Waals surface area contributed by atoms with Gasteiger partial charge in [0.25, 0.3) is 5.91 Å². The molecule has 22 heavy (non-hydrogen) atoms. The molecule has 0 saturated carbocycles. The van der Waals surface area contributed by atoms with Gasteiger partial charge in [0.15, 0.2) is 6.10 Å². The molecule has 4 nitrogen and oxygen atoms in total. The van der Waals surface area contributed by atoms with Crippen molar-refractivity contribution in [2.75, 3.05) is 7.11 Å². The van der Waals surface area contributed by atoms with E-state index < -0.39 is 6.10 Å². The zero-order valence-electron chi connectivity index (χ0n) is 12.8. The lowest BCUT2D eigenvalue weighted by molar-refractivity contribution is -0.131. The molecule has 0 spiro atoms. The van der Waals surface area contributed by atoms with Crippen LogP contribution in [-0.4, -0.2) is 19.2 Å². The highest BCUT2D eigenvalue weighted by Gasteiger charge is 2.19. The number of carbonyl (C=O) groups is 1. The Kier molecular flexibility index (Phi) is 5.86. The van der Waals surface area contributed by atoms with Crippen LogP contribution in [0, 0.1) is 0 Å². The summed E-state index contributed by atoms with van der Waals surface area (Å²) in [4.78, 5) is 12.2. The smallest absolute Gasteiger partial charge is 0.273 e. The quantitative estimate of drug-likeness (QED) is 0.658. The molecular formula is C18H20N2O2. The van der Waals surface area contributed by atoms with E-state index >= 15 is 0 Å². The SMILES string of the molecule is CCc1ccccc1/C=N/NC(=O)C(OC)c1ccccc1. The van der Waals surface area contributed by atoms with Gasteiger partial charge in [0.1, 0.15) is 0 Å². The van der Waals surface area contributed by atoms with Gasteiger partial charge in [0.2, 0.25) is 0 Å². The van der Waals surface area contributed by atoms with E-state index in [-0.39, 0.29) is 5.91 Å². The van der Waals surface area contributed by atoms with Gasteiger partial charge in [-0.1, -0.05) is 61.5 Å². The summed E-state index contributed by atoms with van der Waals surface area (Å²) < 4.78 is 5.26. The number of nitrogens with zero attached hydrogens (tertiary/aromatic N) is 1. The minimum absolute atomic E-state index is 0.293. The van der Waals surface area contributed by atoms with Crippen molar-refractivity contribution in [3.63, 3.8) is 0 Å². The summed E-state index contributed by atoms with van der Waals surface area (Å²) in [6, 6.07) is 17.3. The fourth-order valence-electron chi connectivity index (χ4n) is 2.23. The predicted octanol–water partition coefficient (Wildman–Crippen LogP) is 3.09. The maximum Gasteiger partial charge on any atom is 0.273 e. The number of ether oxygens (including phenoxy) is 1. The Hall–Kier alpha value is -2.46. The van der Waals surface area contributed by atoms with E-state index in [9.17, 15) is 4.79 Å². The number of hydrazone groups is 1. The first kappa shape index (κ1) is 15.9. The third-order valence-corrected chi connectivity index (χ3v) is 3.39. The Morgan fingerprint density at radius 1 is 1.18 bits per heavy atom. The van der Waals surface area contributed by atoms with Crippen LogP contribution in [0.25, 0.3) is 0 Å². The van der Waals surface area contributed by atoms with Crippen molar-refractivity contribution < 1.29 is 9.53 Å². The summed E-state index contributed by atoms with van der Waals surface area (Å²) >= 11 is 0. The summed E-state index contributed by atoms with van der Waals surface area (Å²) in [6.45, 7) is 2.08. The zero-order chi connectivity index (χ0) is 15.8. The molecule has 0 aliphatic rings. The van der Waals surface area contributed by atoms with E-state index in [0.717, 1.165) is 17.5 Å². The molecule has 1 N–H and O–H groups in total. The second-order valence-corrected chi connectivity index (χ2v) is 4.81. The van der Waals surface area contributed by atoms with Gasteiger partial charge in [-0.05, 0) is 23.1 Å². The molecule has 0 radical (unpaired) electrons. The van der Waals surface area contributed by atoms with Gasteiger partial charge in [0, 0.05) is 7.11 Å². The van der Waals surface area contributed by atoms with Crippen LogP contribution in [0.5, 0.6) is 0 Å². The third-order valence-electron chi connectivity index (χ3n) is 3.39. The van der Waals surface area contributed by atoms with E-state index in [1.165, 1.54) is 12.7 Å². The lowest BCUT2D eigenvalue weighted by Crippen LogP contribution is -2.26. The topological polar surface area (TPSA) is 50.7 Å². The number of rotatable bonds is 6. The number of carbonyl (C=O) groups excluding carboxylic acids is 1. The van der Waals surface area contributed by atoms with Crippen molar-refractivity contribution in [1.29, 1.82) is 0 Å². The molecule has 0 aromatic heterocycles. The molecule has 0 saturated heterocycles. The molecule has 2 rings (SSSR count). The van der Waals surface area contributed by atoms with E-state index in [4.69, 9.17) is 4.74 Å². The number of benzene rings is 2. The third kappa shape index (κ3) is 4.02. The molecular weight excluding hydrogens is 276 g/mol. The summed E-state index contributed by atoms with van der Waals surface area (Å²) in [5, 5.41) is 4.04. The van der Waals surface area contributed by atoms with Crippen LogP contribution < -0.4 is 5.43 Å². The van der Waals surface area contributed by atoms with Crippen LogP contribution in [0.15, 0.2) is 59.7 Å². The first-order chi connectivity index (χ1) is 10.8. The van der Waals surface area contributed by atoms with Crippen LogP contribution in [0.1, 0.15) is 29.7 Å². The van der Waals surface area contributed by atoms with Crippen LogP contribution in [0.2, 0.25) is 0 Å². The predicted molar refractivity (Wildman–Crippen MR) is 87.7 cm³/mol. The number of aryl methyl sites for hydroxylation is 1. The van der Waals surface area contributed by atoms with Crippen LogP contribution in [0.3, 0.4) is 0 Å². The summed E-state index contributed by atoms with van der Waals surface area (Å²) in [7, 11) is 1.51. The van der Waals surface area contributed by atoms with Crippen molar-refractivity contribution in [3.05, 3.63) is 71.3 Å². The van der Waals surface area contributed by atoms with E-state index in [1.807, 2.05) is 54.6 Å². The molecule has 114 valence electrons. The van der Waals surface area contributed by atoms with Crippen molar-refractivity contribution in [1.82, 2.24) is 5.43 Å². The van der Waals surface area contributed by atoms with Crippen LogP contribution >= 0.6 is 0 Å². The second kappa shape index (κ2) is 8.10. The first-order valence-corrected chi connectivity index (χ1v) is 7.24. The molecule has 2 aromatic rings. The highest BCUT2D eigenvalue weighted by Crippen LogP contribution is 2.16. The summed E-state index contributed by atoms with van der Waals surface area (Å²) in [5.41, 5.74) is 5.52.